The van der Waals surface area contributed by atoms with E-state index in [1.165, 1.54) is 4.90 Å². The van der Waals surface area contributed by atoms with Crippen LogP contribution < -0.4 is 14.5 Å². The van der Waals surface area contributed by atoms with Crippen molar-refractivity contribution in [3.8, 4) is 5.75 Å². The molecule has 0 saturated carbocycles. The molecule has 3 saturated heterocycles. The molecule has 1 N–H and O–H groups in total. The number of amides is 3. The lowest BCUT2D eigenvalue weighted by atomic mass is 9.70. The van der Waals surface area contributed by atoms with Gasteiger partial charge in [-0.2, -0.15) is 0 Å². The van der Waals surface area contributed by atoms with E-state index in [4.69, 9.17) is 16.3 Å². The maximum Gasteiger partial charge on any atom is 0.251 e. The van der Waals surface area contributed by atoms with E-state index in [-0.39, 0.29) is 47.5 Å². The van der Waals surface area contributed by atoms with E-state index in [0.29, 0.717) is 35.2 Å². The number of hydrogen-bond donors (Lipinski definition) is 1. The van der Waals surface area contributed by atoms with Crippen LogP contribution in [0, 0.1) is 18.8 Å². The predicted octanol–water partition coefficient (Wildman–Crippen LogP) is 5.63. The van der Waals surface area contributed by atoms with Crippen molar-refractivity contribution in [1.29, 1.82) is 0 Å². The minimum absolute atomic E-state index is 0.110. The van der Waals surface area contributed by atoms with Gasteiger partial charge in [0.25, 0.3) is 5.91 Å². The molecule has 11 heteroatoms. The average Bonchev–Trinajstić information content (AvgIpc) is 3.62. The fourth-order valence-corrected chi connectivity index (χ4v) is 11.2. The Kier molecular flexibility index (Phi) is 10.1. The van der Waals surface area contributed by atoms with Crippen LogP contribution >= 0.6 is 39.3 Å². The number of aliphatic hydroxyl groups is 1. The van der Waals surface area contributed by atoms with Crippen LogP contribution in [-0.2, 0) is 14.4 Å². The second-order valence-electron chi connectivity index (χ2n) is 11.7. The van der Waals surface area contributed by atoms with Crippen LogP contribution in [0.5, 0.6) is 5.75 Å². The van der Waals surface area contributed by atoms with E-state index in [1.54, 1.807) is 46.7 Å². The molecule has 2 bridgehead atoms. The number of fused-ring (bicyclic) bond motifs is 1. The summed E-state index contributed by atoms with van der Waals surface area (Å²) in [7, 11) is 0. The van der Waals surface area contributed by atoms with Gasteiger partial charge in [0.2, 0.25) is 11.8 Å². The summed E-state index contributed by atoms with van der Waals surface area (Å²) >= 11 is 12.1. The maximum absolute atomic E-state index is 14.9. The number of hydrogen-bond acceptors (Lipinski definition) is 6. The van der Waals surface area contributed by atoms with E-state index in [1.807, 2.05) is 50.2 Å². The SMILES string of the molecule is C=CCN(C(=O)[C@H]1[C@H]2C(=O)N([C@H](C)CO)C(C(=O)N(CC=C)c3c(C)cccc3Cl)C23CC(Br)[C@@H]1S3)c1ccc(OCC)cc1. The minimum Gasteiger partial charge on any atom is -0.494 e. The van der Waals surface area contributed by atoms with E-state index in [0.717, 1.165) is 5.56 Å². The molecule has 1 spiro atoms. The second kappa shape index (κ2) is 13.5. The van der Waals surface area contributed by atoms with Crippen LogP contribution in [0.1, 0.15) is 25.8 Å². The average molecular weight is 717 g/mol. The lowest BCUT2D eigenvalue weighted by Gasteiger charge is -2.39. The Balaban J connectivity index is 1.59. The Morgan fingerprint density at radius 1 is 1.18 bits per heavy atom. The van der Waals surface area contributed by atoms with Gasteiger partial charge < -0.3 is 24.5 Å². The van der Waals surface area contributed by atoms with Gasteiger partial charge in [0, 0.05) is 28.9 Å². The van der Waals surface area contributed by atoms with Crippen molar-refractivity contribution in [3.05, 3.63) is 78.4 Å². The molecule has 0 aromatic heterocycles. The van der Waals surface area contributed by atoms with Gasteiger partial charge in [0.1, 0.15) is 11.8 Å². The first-order valence-corrected chi connectivity index (χ1v) is 17.3. The van der Waals surface area contributed by atoms with Crippen LogP contribution in [0.25, 0.3) is 0 Å². The van der Waals surface area contributed by atoms with Gasteiger partial charge in [-0.25, -0.2) is 0 Å². The van der Waals surface area contributed by atoms with E-state index >= 15 is 0 Å². The zero-order valence-electron chi connectivity index (χ0n) is 25.7. The van der Waals surface area contributed by atoms with Gasteiger partial charge in [-0.3, -0.25) is 14.4 Å². The van der Waals surface area contributed by atoms with Crippen molar-refractivity contribution in [2.24, 2.45) is 11.8 Å². The highest BCUT2D eigenvalue weighted by Crippen LogP contribution is 2.68. The first kappa shape index (κ1) is 33.6. The highest BCUT2D eigenvalue weighted by molar-refractivity contribution is 9.09. The molecular weight excluding hydrogens is 678 g/mol. The third-order valence-electron chi connectivity index (χ3n) is 9.06. The maximum atomic E-state index is 14.9. The van der Waals surface area contributed by atoms with Crippen molar-refractivity contribution in [3.63, 3.8) is 0 Å². The van der Waals surface area contributed by atoms with Gasteiger partial charge in [-0.15, -0.1) is 24.9 Å². The van der Waals surface area contributed by atoms with Crippen molar-refractivity contribution < 1.29 is 24.2 Å². The van der Waals surface area contributed by atoms with Gasteiger partial charge >= 0.3 is 0 Å². The topological polar surface area (TPSA) is 90.4 Å². The first-order valence-electron chi connectivity index (χ1n) is 15.1. The molecule has 240 valence electrons. The fourth-order valence-electron chi connectivity index (χ4n) is 7.24. The molecule has 3 aliphatic heterocycles. The third kappa shape index (κ3) is 5.62. The van der Waals surface area contributed by atoms with Crippen LogP contribution in [0.2, 0.25) is 5.02 Å². The molecule has 45 heavy (non-hydrogen) atoms. The Hall–Kier alpha value is -2.79. The second-order valence-corrected chi connectivity index (χ2v) is 14.9. The molecule has 2 aromatic carbocycles. The molecule has 0 radical (unpaired) electrons. The number of para-hydroxylation sites is 1. The minimum atomic E-state index is -0.932. The summed E-state index contributed by atoms with van der Waals surface area (Å²) in [6.45, 7) is 13.9. The van der Waals surface area contributed by atoms with Gasteiger partial charge in [-0.1, -0.05) is 51.8 Å². The van der Waals surface area contributed by atoms with E-state index < -0.39 is 28.7 Å². The Labute approximate surface area is 282 Å². The summed E-state index contributed by atoms with van der Waals surface area (Å²) in [5.74, 6) is -1.56. The quantitative estimate of drug-likeness (QED) is 0.226. The summed E-state index contributed by atoms with van der Waals surface area (Å²) in [6, 6.07) is 11.2. The highest BCUT2D eigenvalue weighted by atomic mass is 79.9. The Morgan fingerprint density at radius 2 is 1.84 bits per heavy atom. The lowest BCUT2D eigenvalue weighted by molar-refractivity contribution is -0.141. The molecular formula is C34H39BrClN3O5S. The molecule has 5 rings (SSSR count). The number of anilines is 2. The van der Waals surface area contributed by atoms with Crippen molar-refractivity contribution in [2.45, 2.75) is 54.1 Å². The number of alkyl halides is 1. The molecule has 3 unspecified atom stereocenters. The van der Waals surface area contributed by atoms with Crippen LogP contribution in [0.3, 0.4) is 0 Å². The van der Waals surface area contributed by atoms with Gasteiger partial charge in [-0.05, 0) is 63.1 Å². The molecule has 7 atom stereocenters. The molecule has 3 heterocycles. The summed E-state index contributed by atoms with van der Waals surface area (Å²) < 4.78 is 4.69. The van der Waals surface area contributed by atoms with Crippen molar-refractivity contribution in [2.75, 3.05) is 36.1 Å². The van der Waals surface area contributed by atoms with Crippen molar-refractivity contribution >= 4 is 68.4 Å². The number of thioether (sulfide) groups is 1. The van der Waals surface area contributed by atoms with E-state index in [9.17, 15) is 19.5 Å². The monoisotopic (exact) mass is 715 g/mol. The Morgan fingerprint density at radius 3 is 2.44 bits per heavy atom. The number of nitrogens with zero attached hydrogens (tertiary/aromatic N) is 3. The van der Waals surface area contributed by atoms with Crippen molar-refractivity contribution in [1.82, 2.24) is 4.90 Å². The fraction of sp³-hybridized carbons (Fsp3) is 0.441. The van der Waals surface area contributed by atoms with Gasteiger partial charge in [0.15, 0.2) is 0 Å². The number of ether oxygens (including phenoxy) is 1. The number of halogens is 2. The van der Waals surface area contributed by atoms with Gasteiger partial charge in [0.05, 0.1) is 46.5 Å². The number of carbonyl (C=O) groups excluding carboxylic acids is 3. The standard InChI is InChI=1S/C34H39BrClN3O5S/c1-6-16-37(22-12-14-23(15-13-22)44-8-3)31(41)26-27-32(42)39(21(5)19-40)30(34(27)18-24(35)29(26)45-34)33(43)38(17-7-2)28-20(4)10-9-11-25(28)36/h6-7,9-15,21,24,26-27,29-30,40H,1-2,8,16-19H2,3-5H3/t21-,24?,26+,27+,29+,30?,34?/m1/s1. The third-order valence-corrected chi connectivity index (χ3v) is 12.6. The summed E-state index contributed by atoms with van der Waals surface area (Å²) in [5.41, 5.74) is 2.03. The number of likely N-dealkylation sites (tertiary alicyclic amines) is 1. The molecule has 0 aliphatic carbocycles. The van der Waals surface area contributed by atoms with Crippen LogP contribution in [-0.4, -0.2) is 80.9 Å². The number of rotatable bonds is 12. The predicted molar refractivity (Wildman–Crippen MR) is 185 cm³/mol. The summed E-state index contributed by atoms with van der Waals surface area (Å²) in [5, 5.41) is 10.5. The molecule has 3 amide bonds. The largest absolute Gasteiger partial charge is 0.494 e. The highest BCUT2D eigenvalue weighted by Gasteiger charge is 2.76. The molecule has 2 aromatic rings. The number of benzene rings is 2. The van der Waals surface area contributed by atoms with Crippen LogP contribution in [0.15, 0.2) is 67.8 Å². The smallest absolute Gasteiger partial charge is 0.251 e. The summed E-state index contributed by atoms with van der Waals surface area (Å²) in [6.07, 6.45) is 3.81. The lowest BCUT2D eigenvalue weighted by Crippen LogP contribution is -2.57. The normalized spacial score (nSPS) is 27.2. The zero-order chi connectivity index (χ0) is 32.6. The number of aryl methyl sites for hydroxylation is 1. The van der Waals surface area contributed by atoms with E-state index in [2.05, 4.69) is 29.1 Å². The first-order chi connectivity index (χ1) is 21.6. The molecule has 3 aliphatic rings. The Bertz CT molecular complexity index is 1470. The number of carbonyl (C=O) groups is 3. The number of aliphatic hydroxyl groups excluding tert-OH is 1. The summed E-state index contributed by atoms with van der Waals surface area (Å²) in [4.78, 5) is 48.7. The van der Waals surface area contributed by atoms with Crippen LogP contribution in [0.4, 0.5) is 11.4 Å². The molecule has 3 fully saturated rings. The molecule has 8 nitrogen and oxygen atoms in total. The zero-order valence-corrected chi connectivity index (χ0v) is 28.9.